The second-order valence-electron chi connectivity index (χ2n) is 15.3. The van der Waals surface area contributed by atoms with Crippen LogP contribution in [0.15, 0.2) is 0 Å². The number of esters is 2. The number of nitrogens with two attached hydrogens (primary N) is 1. The van der Waals surface area contributed by atoms with Crippen LogP contribution in [0, 0.1) is 0 Å². The Bertz CT molecular complexity index is 845. The van der Waals surface area contributed by atoms with Crippen LogP contribution in [-0.2, 0) is 32.7 Å². The number of unbranched alkanes of at least 4 members (excludes halogenated alkanes) is 30. The first kappa shape index (κ1) is 52.0. The van der Waals surface area contributed by atoms with Gasteiger partial charge in [0.25, 0.3) is 0 Å². The van der Waals surface area contributed by atoms with E-state index >= 15 is 0 Å². The standard InChI is InChI=1S/C43H86NO8P/c1-3-5-7-9-11-13-15-17-19-21-23-25-27-29-31-33-35-42(45)49-39-41(40-51-53(47,48)50-38-37-44)52-43(46)36-34-32-30-28-26-24-22-20-18-16-14-12-10-8-6-4-2/h41H,3-40,44H2,1-2H3,(H,47,48). The molecule has 53 heavy (non-hydrogen) atoms. The monoisotopic (exact) mass is 776 g/mol. The van der Waals surface area contributed by atoms with Gasteiger partial charge >= 0.3 is 19.8 Å². The van der Waals surface area contributed by atoms with Crippen molar-refractivity contribution in [1.29, 1.82) is 0 Å². The van der Waals surface area contributed by atoms with Crippen molar-refractivity contribution in [3.05, 3.63) is 0 Å². The first-order valence-electron chi connectivity index (χ1n) is 22.5. The smallest absolute Gasteiger partial charge is 0.462 e. The van der Waals surface area contributed by atoms with E-state index in [1.807, 2.05) is 0 Å². The summed E-state index contributed by atoms with van der Waals surface area (Å²) < 4.78 is 32.8. The van der Waals surface area contributed by atoms with Crippen LogP contribution < -0.4 is 5.73 Å². The fraction of sp³-hybridized carbons (Fsp3) is 0.953. The molecule has 0 aromatic rings. The minimum absolute atomic E-state index is 0.0581. The summed E-state index contributed by atoms with van der Waals surface area (Å²) in [5.74, 6) is -0.811. The van der Waals surface area contributed by atoms with Crippen molar-refractivity contribution >= 4 is 19.8 Å². The number of hydrogen-bond acceptors (Lipinski definition) is 8. The van der Waals surface area contributed by atoms with Crippen molar-refractivity contribution in [2.75, 3.05) is 26.4 Å². The molecular formula is C43H86NO8P. The zero-order valence-electron chi connectivity index (χ0n) is 34.8. The first-order chi connectivity index (χ1) is 25.8. The Hall–Kier alpha value is -0.990. The molecule has 3 N–H and O–H groups in total. The Morgan fingerprint density at radius 2 is 0.811 bits per heavy atom. The van der Waals surface area contributed by atoms with Crippen molar-refractivity contribution in [3.63, 3.8) is 0 Å². The molecule has 0 spiro atoms. The second kappa shape index (κ2) is 40.7. The van der Waals surface area contributed by atoms with Gasteiger partial charge in [-0.05, 0) is 12.8 Å². The maximum Gasteiger partial charge on any atom is 0.472 e. The molecule has 0 aliphatic carbocycles. The van der Waals surface area contributed by atoms with Gasteiger partial charge in [0.05, 0.1) is 13.2 Å². The second-order valence-corrected chi connectivity index (χ2v) is 16.7. The Morgan fingerprint density at radius 1 is 0.491 bits per heavy atom. The van der Waals surface area contributed by atoms with E-state index in [2.05, 4.69) is 13.8 Å². The van der Waals surface area contributed by atoms with Gasteiger partial charge in [-0.1, -0.05) is 206 Å². The SMILES string of the molecule is CCCCCCCCCCCCCCCCCCC(=O)OCC(COP(=O)(O)OCCN)OC(=O)CCCCCCCCCCCCCCCCCC. The molecule has 316 valence electrons. The molecule has 0 aliphatic rings. The van der Waals surface area contributed by atoms with E-state index in [0.717, 1.165) is 32.1 Å². The normalized spacial score (nSPS) is 13.2. The predicted molar refractivity (Wildman–Crippen MR) is 220 cm³/mol. The van der Waals surface area contributed by atoms with Gasteiger partial charge in [-0.2, -0.15) is 0 Å². The molecular weight excluding hydrogens is 689 g/mol. The third-order valence-corrected chi connectivity index (χ3v) is 11.0. The Kier molecular flexibility index (Phi) is 39.9. The largest absolute Gasteiger partial charge is 0.472 e. The molecule has 0 amide bonds. The lowest BCUT2D eigenvalue weighted by atomic mass is 10.0. The lowest BCUT2D eigenvalue weighted by Crippen LogP contribution is -2.29. The molecule has 0 saturated carbocycles. The van der Waals surface area contributed by atoms with Crippen LogP contribution in [0.3, 0.4) is 0 Å². The van der Waals surface area contributed by atoms with Crippen LogP contribution in [0.5, 0.6) is 0 Å². The molecule has 0 saturated heterocycles. The summed E-state index contributed by atoms with van der Waals surface area (Å²) >= 11 is 0. The highest BCUT2D eigenvalue weighted by molar-refractivity contribution is 7.47. The Labute approximate surface area is 327 Å². The van der Waals surface area contributed by atoms with Crippen molar-refractivity contribution in [2.45, 2.75) is 238 Å². The van der Waals surface area contributed by atoms with Gasteiger partial charge in [0, 0.05) is 19.4 Å². The highest BCUT2D eigenvalue weighted by Crippen LogP contribution is 2.43. The van der Waals surface area contributed by atoms with Crippen LogP contribution in [0.2, 0.25) is 0 Å². The maximum absolute atomic E-state index is 12.6. The summed E-state index contributed by atoms with van der Waals surface area (Å²) in [6, 6.07) is 0. The van der Waals surface area contributed by atoms with E-state index < -0.39 is 26.5 Å². The molecule has 0 rings (SSSR count). The zero-order chi connectivity index (χ0) is 38.9. The van der Waals surface area contributed by atoms with Crippen molar-refractivity contribution in [2.24, 2.45) is 5.73 Å². The number of phosphoric acid groups is 1. The van der Waals surface area contributed by atoms with E-state index in [1.165, 1.54) is 167 Å². The summed E-state index contributed by atoms with van der Waals surface area (Å²) in [4.78, 5) is 34.9. The van der Waals surface area contributed by atoms with E-state index in [4.69, 9.17) is 24.3 Å². The molecule has 0 aromatic carbocycles. The minimum Gasteiger partial charge on any atom is -0.462 e. The van der Waals surface area contributed by atoms with Gasteiger partial charge in [0.1, 0.15) is 6.61 Å². The van der Waals surface area contributed by atoms with E-state index in [1.54, 1.807) is 0 Å². The molecule has 0 radical (unpaired) electrons. The number of carbonyl (C=O) groups excluding carboxylic acids is 2. The number of ether oxygens (including phenoxy) is 2. The molecule has 9 nitrogen and oxygen atoms in total. The van der Waals surface area contributed by atoms with Gasteiger partial charge in [0.2, 0.25) is 0 Å². The van der Waals surface area contributed by atoms with Gasteiger partial charge in [0.15, 0.2) is 6.10 Å². The fourth-order valence-corrected chi connectivity index (χ4v) is 7.40. The number of phosphoric ester groups is 1. The minimum atomic E-state index is -4.37. The third-order valence-electron chi connectivity index (χ3n) is 9.99. The zero-order valence-corrected chi connectivity index (χ0v) is 35.7. The van der Waals surface area contributed by atoms with Crippen molar-refractivity contribution in [3.8, 4) is 0 Å². The Morgan fingerprint density at radius 3 is 1.15 bits per heavy atom. The summed E-state index contributed by atoms with van der Waals surface area (Å²) in [5.41, 5.74) is 5.35. The van der Waals surface area contributed by atoms with E-state index in [-0.39, 0.29) is 38.6 Å². The molecule has 2 atom stereocenters. The lowest BCUT2D eigenvalue weighted by molar-refractivity contribution is -0.161. The van der Waals surface area contributed by atoms with E-state index in [9.17, 15) is 19.0 Å². The number of hydrogen-bond donors (Lipinski definition) is 2. The maximum atomic E-state index is 12.6. The van der Waals surface area contributed by atoms with Crippen LogP contribution in [0.25, 0.3) is 0 Å². The summed E-state index contributed by atoms with van der Waals surface area (Å²) in [5, 5.41) is 0. The fourth-order valence-electron chi connectivity index (χ4n) is 6.64. The molecule has 10 heteroatoms. The topological polar surface area (TPSA) is 134 Å². The quantitative estimate of drug-likeness (QED) is 0.0352. The summed E-state index contributed by atoms with van der Waals surface area (Å²) in [6.07, 6.45) is 39.8. The molecule has 0 bridgehead atoms. The highest BCUT2D eigenvalue weighted by atomic mass is 31.2. The average molecular weight is 776 g/mol. The Balaban J connectivity index is 4.08. The first-order valence-corrected chi connectivity index (χ1v) is 24.0. The van der Waals surface area contributed by atoms with Crippen LogP contribution in [0.1, 0.15) is 232 Å². The molecule has 2 unspecified atom stereocenters. The number of rotatable bonds is 43. The van der Waals surface area contributed by atoms with Crippen LogP contribution in [0.4, 0.5) is 0 Å². The number of carbonyl (C=O) groups is 2. The van der Waals surface area contributed by atoms with E-state index in [0.29, 0.717) is 6.42 Å². The van der Waals surface area contributed by atoms with Gasteiger partial charge in [-0.15, -0.1) is 0 Å². The van der Waals surface area contributed by atoms with Crippen molar-refractivity contribution in [1.82, 2.24) is 0 Å². The van der Waals surface area contributed by atoms with Gasteiger partial charge < -0.3 is 20.1 Å². The van der Waals surface area contributed by atoms with Crippen molar-refractivity contribution < 1.29 is 37.6 Å². The molecule has 0 aromatic heterocycles. The molecule has 0 fully saturated rings. The van der Waals surface area contributed by atoms with Gasteiger partial charge in [-0.25, -0.2) is 4.57 Å². The van der Waals surface area contributed by atoms with Gasteiger partial charge in [-0.3, -0.25) is 18.6 Å². The lowest BCUT2D eigenvalue weighted by Gasteiger charge is -2.19. The summed E-state index contributed by atoms with van der Waals surface area (Å²) in [7, 11) is -4.37. The van der Waals surface area contributed by atoms with Crippen LogP contribution >= 0.6 is 7.82 Å². The average Bonchev–Trinajstić information content (AvgIpc) is 3.14. The highest BCUT2D eigenvalue weighted by Gasteiger charge is 2.26. The summed E-state index contributed by atoms with van der Waals surface area (Å²) in [6.45, 7) is 3.78. The van der Waals surface area contributed by atoms with Crippen LogP contribution in [-0.4, -0.2) is 49.3 Å². The molecule has 0 aliphatic heterocycles. The third kappa shape index (κ3) is 40.5. The predicted octanol–water partition coefficient (Wildman–Crippen LogP) is 12.8. The molecule has 0 heterocycles.